The van der Waals surface area contributed by atoms with Gasteiger partial charge in [0.2, 0.25) is 0 Å². The van der Waals surface area contributed by atoms with E-state index in [0.717, 1.165) is 24.3 Å². The van der Waals surface area contributed by atoms with Gasteiger partial charge in [0, 0.05) is 6.92 Å². The molecule has 3 nitrogen and oxygen atoms in total. The van der Waals surface area contributed by atoms with E-state index >= 15 is 0 Å². The van der Waals surface area contributed by atoms with Gasteiger partial charge in [-0.2, -0.15) is 0 Å². The Labute approximate surface area is 86.3 Å². The summed E-state index contributed by atoms with van der Waals surface area (Å²) in [6, 6.07) is 4.47. The van der Waals surface area contributed by atoms with Crippen LogP contribution in [0.3, 0.4) is 0 Å². The maximum atomic E-state index is 12.6. The van der Waals surface area contributed by atoms with Crippen molar-refractivity contribution in [3.8, 4) is 5.75 Å². The molecule has 1 rings (SSSR count). The van der Waals surface area contributed by atoms with Crippen molar-refractivity contribution in [1.29, 1.82) is 0 Å². The molecule has 0 bridgehead atoms. The van der Waals surface area contributed by atoms with E-state index in [2.05, 4.69) is 0 Å². The number of aromatic hydroxyl groups is 1. The van der Waals surface area contributed by atoms with E-state index in [1.54, 1.807) is 0 Å². The number of alkyl halides is 2. The van der Waals surface area contributed by atoms with Crippen LogP contribution in [-0.4, -0.2) is 25.2 Å². The third kappa shape index (κ3) is 3.47. The molecule has 0 saturated carbocycles. The highest BCUT2D eigenvalue weighted by Crippen LogP contribution is 2.21. The maximum absolute atomic E-state index is 12.6. The fraction of sp³-hybridized carbons (Fsp3) is 0.333. The molecular formula is C9H10F2O3S. The standard InChI is InChI=1S/C9H10F2O3S/c1-9(10,11)6-15(13,14)8-4-2-7(12)3-5-8/h2-5,12H,6H2,1H3. The van der Waals surface area contributed by atoms with Crippen LogP contribution in [0.4, 0.5) is 8.78 Å². The molecule has 0 amide bonds. The minimum atomic E-state index is -4.00. The molecule has 0 atom stereocenters. The molecule has 6 heteroatoms. The zero-order valence-electron chi connectivity index (χ0n) is 7.94. The SMILES string of the molecule is CC(F)(F)CS(=O)(=O)c1ccc(O)cc1. The molecule has 84 valence electrons. The molecule has 0 radical (unpaired) electrons. The van der Waals surface area contributed by atoms with Crippen LogP contribution in [0.15, 0.2) is 29.2 Å². The van der Waals surface area contributed by atoms with Crippen molar-refractivity contribution in [2.45, 2.75) is 17.7 Å². The molecule has 0 unspecified atom stereocenters. The van der Waals surface area contributed by atoms with Crippen molar-refractivity contribution in [3.63, 3.8) is 0 Å². The van der Waals surface area contributed by atoms with Gasteiger partial charge in [-0.15, -0.1) is 0 Å². The lowest BCUT2D eigenvalue weighted by Gasteiger charge is -2.10. The number of hydrogen-bond acceptors (Lipinski definition) is 3. The van der Waals surface area contributed by atoms with E-state index in [1.807, 2.05) is 0 Å². The summed E-state index contributed by atoms with van der Waals surface area (Å²) < 4.78 is 47.9. The number of halogens is 2. The molecule has 15 heavy (non-hydrogen) atoms. The summed E-state index contributed by atoms with van der Waals surface area (Å²) in [4.78, 5) is -0.221. The molecule has 0 aliphatic carbocycles. The second kappa shape index (κ2) is 3.77. The summed E-state index contributed by atoms with van der Waals surface area (Å²) >= 11 is 0. The first kappa shape index (κ1) is 11.9. The Hall–Kier alpha value is -1.17. The molecule has 0 spiro atoms. The molecule has 0 aliphatic rings. The monoisotopic (exact) mass is 236 g/mol. The zero-order chi connectivity index (χ0) is 11.7. The van der Waals surface area contributed by atoms with E-state index in [1.165, 1.54) is 0 Å². The first-order valence-electron chi connectivity index (χ1n) is 4.10. The minimum Gasteiger partial charge on any atom is -0.508 e. The predicted molar refractivity (Wildman–Crippen MR) is 50.8 cm³/mol. The summed E-state index contributed by atoms with van der Waals surface area (Å²) in [6.07, 6.45) is 0. The largest absolute Gasteiger partial charge is 0.508 e. The molecule has 1 aromatic rings. The van der Waals surface area contributed by atoms with Crippen molar-refractivity contribution in [1.82, 2.24) is 0 Å². The number of benzene rings is 1. The third-order valence-corrected chi connectivity index (χ3v) is 3.52. The van der Waals surface area contributed by atoms with Crippen molar-refractivity contribution in [3.05, 3.63) is 24.3 Å². The topological polar surface area (TPSA) is 54.4 Å². The Morgan fingerprint density at radius 1 is 1.27 bits per heavy atom. The molecule has 0 aliphatic heterocycles. The summed E-state index contributed by atoms with van der Waals surface area (Å²) in [5.41, 5.74) is 0. The van der Waals surface area contributed by atoms with Crippen LogP contribution in [-0.2, 0) is 9.84 Å². The van der Waals surface area contributed by atoms with Gasteiger partial charge in [0.25, 0.3) is 5.92 Å². The predicted octanol–water partition coefficient (Wildman–Crippen LogP) is 1.82. The van der Waals surface area contributed by atoms with Gasteiger partial charge in [-0.05, 0) is 24.3 Å². The molecule has 1 aromatic carbocycles. The Morgan fingerprint density at radius 3 is 2.13 bits per heavy atom. The van der Waals surface area contributed by atoms with Gasteiger partial charge in [-0.25, -0.2) is 17.2 Å². The fourth-order valence-corrected chi connectivity index (χ4v) is 2.46. The van der Waals surface area contributed by atoms with Crippen molar-refractivity contribution < 1.29 is 22.3 Å². The second-order valence-electron chi connectivity index (χ2n) is 3.32. The van der Waals surface area contributed by atoms with Crippen LogP contribution in [0.1, 0.15) is 6.92 Å². The van der Waals surface area contributed by atoms with Gasteiger partial charge in [0.15, 0.2) is 9.84 Å². The highest BCUT2D eigenvalue weighted by molar-refractivity contribution is 7.91. The Morgan fingerprint density at radius 2 is 1.73 bits per heavy atom. The van der Waals surface area contributed by atoms with Gasteiger partial charge in [0.1, 0.15) is 11.5 Å². The Bertz CT molecular complexity index is 431. The lowest BCUT2D eigenvalue weighted by molar-refractivity contribution is 0.0473. The van der Waals surface area contributed by atoms with Crippen LogP contribution >= 0.6 is 0 Å². The zero-order valence-corrected chi connectivity index (χ0v) is 8.76. The number of sulfone groups is 1. The first-order chi connectivity index (χ1) is 6.71. The molecule has 0 aromatic heterocycles. The van der Waals surface area contributed by atoms with Crippen LogP contribution in [0.2, 0.25) is 0 Å². The van der Waals surface area contributed by atoms with Crippen LogP contribution in [0, 0.1) is 0 Å². The van der Waals surface area contributed by atoms with Crippen LogP contribution in [0.5, 0.6) is 5.75 Å². The molecule has 0 saturated heterocycles. The summed E-state index contributed by atoms with van der Waals surface area (Å²) in [5.74, 6) is -4.61. The highest BCUT2D eigenvalue weighted by atomic mass is 32.2. The molecular weight excluding hydrogens is 226 g/mol. The number of phenols is 1. The lowest BCUT2D eigenvalue weighted by Crippen LogP contribution is -2.24. The van der Waals surface area contributed by atoms with Crippen molar-refractivity contribution in [2.24, 2.45) is 0 Å². The minimum absolute atomic E-state index is 0.114. The quantitative estimate of drug-likeness (QED) is 0.870. The third-order valence-electron chi connectivity index (χ3n) is 1.64. The average Bonchev–Trinajstić information content (AvgIpc) is 2.00. The fourth-order valence-electron chi connectivity index (χ4n) is 1.07. The lowest BCUT2D eigenvalue weighted by atomic mass is 10.3. The van der Waals surface area contributed by atoms with E-state index in [-0.39, 0.29) is 10.6 Å². The van der Waals surface area contributed by atoms with Crippen molar-refractivity contribution in [2.75, 3.05) is 5.75 Å². The molecule has 0 fully saturated rings. The van der Waals surface area contributed by atoms with E-state index in [4.69, 9.17) is 5.11 Å². The summed E-state index contributed by atoms with van der Waals surface area (Å²) in [7, 11) is -4.00. The number of hydrogen-bond donors (Lipinski definition) is 1. The molecule has 0 heterocycles. The van der Waals surface area contributed by atoms with Crippen LogP contribution < -0.4 is 0 Å². The first-order valence-corrected chi connectivity index (χ1v) is 5.75. The maximum Gasteiger partial charge on any atom is 0.259 e. The summed E-state index contributed by atoms with van der Waals surface area (Å²) in [6.45, 7) is 0.547. The normalized spacial score (nSPS) is 12.7. The Balaban J connectivity index is 3.02. The summed E-state index contributed by atoms with van der Waals surface area (Å²) in [5, 5.41) is 8.91. The van der Waals surface area contributed by atoms with Gasteiger partial charge in [0.05, 0.1) is 4.90 Å². The Kier molecular flexibility index (Phi) is 2.99. The van der Waals surface area contributed by atoms with Gasteiger partial charge < -0.3 is 5.11 Å². The van der Waals surface area contributed by atoms with Gasteiger partial charge >= 0.3 is 0 Å². The van der Waals surface area contributed by atoms with Gasteiger partial charge in [-0.1, -0.05) is 0 Å². The van der Waals surface area contributed by atoms with Crippen LogP contribution in [0.25, 0.3) is 0 Å². The number of rotatable bonds is 3. The smallest absolute Gasteiger partial charge is 0.259 e. The van der Waals surface area contributed by atoms with Crippen molar-refractivity contribution >= 4 is 9.84 Å². The highest BCUT2D eigenvalue weighted by Gasteiger charge is 2.30. The number of phenolic OH excluding ortho intramolecular Hbond substituents is 1. The second-order valence-corrected chi connectivity index (χ2v) is 5.31. The average molecular weight is 236 g/mol. The van der Waals surface area contributed by atoms with E-state index < -0.39 is 21.5 Å². The molecule has 1 N–H and O–H groups in total. The van der Waals surface area contributed by atoms with Gasteiger partial charge in [-0.3, -0.25) is 0 Å². The van der Waals surface area contributed by atoms with E-state index in [0.29, 0.717) is 6.92 Å². The van der Waals surface area contributed by atoms with E-state index in [9.17, 15) is 17.2 Å².